The molecule has 2 saturated heterocycles. The van der Waals surface area contributed by atoms with Gasteiger partial charge in [0.15, 0.2) is 0 Å². The number of carbonyl (C=O) groups is 2. The highest BCUT2D eigenvalue weighted by molar-refractivity contribution is 7.13. The molecule has 5 rings (SSSR count). The van der Waals surface area contributed by atoms with E-state index in [4.69, 9.17) is 5.10 Å². The van der Waals surface area contributed by atoms with Crippen LogP contribution in [0.2, 0.25) is 0 Å². The monoisotopic (exact) mass is 449 g/mol. The van der Waals surface area contributed by atoms with E-state index in [1.54, 1.807) is 16.0 Å². The summed E-state index contributed by atoms with van der Waals surface area (Å²) in [6.45, 7) is 3.90. The molecule has 2 aromatic heterocycles. The molecule has 3 amide bonds. The molecule has 2 fully saturated rings. The molecular formula is C24H27N5O2S. The first-order chi connectivity index (χ1) is 15.7. The molecule has 0 unspecified atom stereocenters. The summed E-state index contributed by atoms with van der Waals surface area (Å²) < 4.78 is 1.74. The summed E-state index contributed by atoms with van der Waals surface area (Å²) in [5.74, 6) is -0.0470. The lowest BCUT2D eigenvalue weighted by Crippen LogP contribution is -2.54. The Kier molecular flexibility index (Phi) is 5.94. The number of amides is 3. The smallest absolute Gasteiger partial charge is 0.320 e. The number of hydrogen-bond donors (Lipinski definition) is 0. The predicted molar refractivity (Wildman–Crippen MR) is 125 cm³/mol. The summed E-state index contributed by atoms with van der Waals surface area (Å²) >= 11 is 1.61. The minimum atomic E-state index is -0.0470. The van der Waals surface area contributed by atoms with E-state index in [2.05, 4.69) is 0 Å². The van der Waals surface area contributed by atoms with Crippen LogP contribution >= 0.6 is 11.3 Å². The van der Waals surface area contributed by atoms with E-state index in [0.29, 0.717) is 31.9 Å². The molecule has 3 aromatic rings. The fraction of sp³-hybridized carbons (Fsp3) is 0.375. The Morgan fingerprint density at radius 1 is 0.781 bits per heavy atom. The molecule has 0 N–H and O–H groups in total. The van der Waals surface area contributed by atoms with E-state index in [-0.39, 0.29) is 11.9 Å². The highest BCUT2D eigenvalue weighted by Gasteiger charge is 2.30. The average molecular weight is 450 g/mol. The number of nitrogens with zero attached hydrogens (tertiary/aromatic N) is 5. The van der Waals surface area contributed by atoms with E-state index in [1.807, 2.05) is 68.6 Å². The van der Waals surface area contributed by atoms with Gasteiger partial charge in [-0.25, -0.2) is 9.48 Å². The van der Waals surface area contributed by atoms with Crippen molar-refractivity contribution in [2.24, 2.45) is 0 Å². The molecule has 8 heteroatoms. The third kappa shape index (κ3) is 4.14. The number of aromatic nitrogens is 2. The second-order valence-corrected chi connectivity index (χ2v) is 9.20. The van der Waals surface area contributed by atoms with Gasteiger partial charge in [0.2, 0.25) is 0 Å². The summed E-state index contributed by atoms with van der Waals surface area (Å²) in [5, 5.41) is 6.76. The number of benzene rings is 1. The molecular weight excluding hydrogens is 422 g/mol. The van der Waals surface area contributed by atoms with Gasteiger partial charge in [-0.3, -0.25) is 4.79 Å². The fourth-order valence-corrected chi connectivity index (χ4v) is 5.07. The van der Waals surface area contributed by atoms with Crippen molar-refractivity contribution in [3.63, 3.8) is 0 Å². The van der Waals surface area contributed by atoms with E-state index >= 15 is 0 Å². The Bertz CT molecular complexity index is 1070. The maximum atomic E-state index is 13.5. The van der Waals surface area contributed by atoms with Gasteiger partial charge in [-0.2, -0.15) is 5.10 Å². The molecule has 0 radical (unpaired) electrons. The van der Waals surface area contributed by atoms with Gasteiger partial charge >= 0.3 is 6.03 Å². The van der Waals surface area contributed by atoms with Crippen molar-refractivity contribution in [3.05, 3.63) is 59.6 Å². The number of likely N-dealkylation sites (tertiary alicyclic amines) is 1. The molecule has 166 valence electrons. The number of hydrogen-bond acceptors (Lipinski definition) is 4. The average Bonchev–Trinajstić information content (AvgIpc) is 3.55. The van der Waals surface area contributed by atoms with Crippen LogP contribution in [0.25, 0.3) is 16.3 Å². The third-order valence-corrected chi connectivity index (χ3v) is 7.06. The largest absolute Gasteiger partial charge is 0.334 e. The molecule has 2 aliphatic heterocycles. The molecule has 0 spiro atoms. The topological polar surface area (TPSA) is 61.7 Å². The molecule has 0 bridgehead atoms. The zero-order valence-corrected chi connectivity index (χ0v) is 18.8. The van der Waals surface area contributed by atoms with Crippen molar-refractivity contribution in [2.45, 2.75) is 19.3 Å². The zero-order valence-electron chi connectivity index (χ0n) is 18.0. The number of piperazine rings is 1. The third-order valence-electron chi connectivity index (χ3n) is 6.17. The van der Waals surface area contributed by atoms with Crippen molar-refractivity contribution in [1.82, 2.24) is 24.5 Å². The van der Waals surface area contributed by atoms with E-state index in [0.717, 1.165) is 42.2 Å². The van der Waals surface area contributed by atoms with Crippen molar-refractivity contribution in [3.8, 4) is 16.3 Å². The summed E-state index contributed by atoms with van der Waals surface area (Å²) in [5.41, 5.74) is 2.21. The standard InChI is InChI=1S/C24H27N5O2S/c30-23(26-13-15-28(16-14-26)24(31)27-11-5-2-6-12-27)21-18-20(22-10-7-17-32-22)25-29(21)19-8-3-1-4-9-19/h1,3-4,7-10,17-18H,2,5-6,11-16H2. The highest BCUT2D eigenvalue weighted by Crippen LogP contribution is 2.26. The molecule has 0 aliphatic carbocycles. The summed E-state index contributed by atoms with van der Waals surface area (Å²) in [6, 6.07) is 15.8. The van der Waals surface area contributed by atoms with Gasteiger partial charge in [0, 0.05) is 39.3 Å². The first kappa shape index (κ1) is 20.8. The van der Waals surface area contributed by atoms with Crippen LogP contribution in [0, 0.1) is 0 Å². The van der Waals surface area contributed by atoms with Crippen LogP contribution in [0.4, 0.5) is 4.79 Å². The van der Waals surface area contributed by atoms with Gasteiger partial charge in [0.1, 0.15) is 11.4 Å². The van der Waals surface area contributed by atoms with Crippen molar-refractivity contribution >= 4 is 23.3 Å². The lowest BCUT2D eigenvalue weighted by molar-refractivity contribution is 0.0624. The SMILES string of the molecule is O=C(c1cc(-c2cccs2)nn1-c1ccccc1)N1CCN(C(=O)N2CCCCC2)CC1. The van der Waals surface area contributed by atoms with Crippen LogP contribution in [0.1, 0.15) is 29.8 Å². The maximum Gasteiger partial charge on any atom is 0.320 e. The Morgan fingerprint density at radius 3 is 2.16 bits per heavy atom. The Balaban J connectivity index is 1.34. The van der Waals surface area contributed by atoms with E-state index in [9.17, 15) is 9.59 Å². The van der Waals surface area contributed by atoms with Crippen LogP contribution in [-0.2, 0) is 0 Å². The van der Waals surface area contributed by atoms with Crippen molar-refractivity contribution in [1.29, 1.82) is 0 Å². The zero-order chi connectivity index (χ0) is 21.9. The summed E-state index contributed by atoms with van der Waals surface area (Å²) in [7, 11) is 0. The van der Waals surface area contributed by atoms with Gasteiger partial charge in [0.05, 0.1) is 10.6 Å². The van der Waals surface area contributed by atoms with Gasteiger partial charge in [-0.15, -0.1) is 11.3 Å². The van der Waals surface area contributed by atoms with Crippen molar-refractivity contribution in [2.75, 3.05) is 39.3 Å². The highest BCUT2D eigenvalue weighted by atomic mass is 32.1. The number of piperidine rings is 1. The fourth-order valence-electron chi connectivity index (χ4n) is 4.39. The lowest BCUT2D eigenvalue weighted by atomic mass is 10.1. The summed E-state index contributed by atoms with van der Waals surface area (Å²) in [4.78, 5) is 33.0. The van der Waals surface area contributed by atoms with Gasteiger partial charge in [-0.1, -0.05) is 24.3 Å². The second-order valence-electron chi connectivity index (χ2n) is 8.25. The van der Waals surface area contributed by atoms with Gasteiger partial charge in [0.25, 0.3) is 5.91 Å². The Morgan fingerprint density at radius 2 is 1.47 bits per heavy atom. The molecule has 1 aromatic carbocycles. The molecule has 32 heavy (non-hydrogen) atoms. The number of para-hydroxylation sites is 1. The second kappa shape index (κ2) is 9.16. The van der Waals surface area contributed by atoms with Crippen LogP contribution in [0.3, 0.4) is 0 Å². The Labute approximate surface area is 191 Å². The number of carbonyl (C=O) groups excluding carboxylic acids is 2. The Hall–Kier alpha value is -3.13. The van der Waals surface area contributed by atoms with Gasteiger partial charge < -0.3 is 14.7 Å². The van der Waals surface area contributed by atoms with Crippen LogP contribution in [-0.4, -0.2) is 75.7 Å². The van der Waals surface area contributed by atoms with Crippen LogP contribution in [0.15, 0.2) is 53.9 Å². The van der Waals surface area contributed by atoms with Gasteiger partial charge in [-0.05, 0) is 48.9 Å². The minimum absolute atomic E-state index is 0.0470. The van der Waals surface area contributed by atoms with Crippen molar-refractivity contribution < 1.29 is 9.59 Å². The number of urea groups is 1. The summed E-state index contributed by atoms with van der Waals surface area (Å²) in [6.07, 6.45) is 3.37. The predicted octanol–water partition coefficient (Wildman–Crippen LogP) is 3.96. The number of rotatable bonds is 3. The molecule has 7 nitrogen and oxygen atoms in total. The van der Waals surface area contributed by atoms with Crippen LogP contribution < -0.4 is 0 Å². The minimum Gasteiger partial charge on any atom is -0.334 e. The van der Waals surface area contributed by atoms with Crippen LogP contribution in [0.5, 0.6) is 0 Å². The van der Waals surface area contributed by atoms with E-state index in [1.165, 1.54) is 6.42 Å². The van der Waals surface area contributed by atoms with E-state index < -0.39 is 0 Å². The molecule has 4 heterocycles. The first-order valence-electron chi connectivity index (χ1n) is 11.2. The quantitative estimate of drug-likeness (QED) is 0.608. The maximum absolute atomic E-state index is 13.5. The number of thiophene rings is 1. The lowest BCUT2D eigenvalue weighted by Gasteiger charge is -2.38. The molecule has 2 aliphatic rings. The first-order valence-corrected chi connectivity index (χ1v) is 12.1. The normalized spacial score (nSPS) is 16.9. The molecule has 0 saturated carbocycles. The molecule has 0 atom stereocenters.